The van der Waals surface area contributed by atoms with Crippen LogP contribution in [0, 0.1) is 0 Å². The number of hydrogen-bond acceptors (Lipinski definition) is 3. The van der Waals surface area contributed by atoms with E-state index in [0.29, 0.717) is 13.1 Å². The third kappa shape index (κ3) is 5.16. The molecule has 5 nitrogen and oxygen atoms in total. The number of rotatable bonds is 7. The molecule has 0 bridgehead atoms. The lowest BCUT2D eigenvalue weighted by molar-refractivity contribution is 0.450. The van der Waals surface area contributed by atoms with E-state index in [4.69, 9.17) is 0 Å². The van der Waals surface area contributed by atoms with Crippen LogP contribution in [0.2, 0.25) is 0 Å². The second kappa shape index (κ2) is 7.10. The van der Waals surface area contributed by atoms with Crippen molar-refractivity contribution in [3.63, 3.8) is 0 Å². The molecule has 2 N–H and O–H groups in total. The van der Waals surface area contributed by atoms with E-state index >= 15 is 0 Å². The van der Waals surface area contributed by atoms with Crippen molar-refractivity contribution in [2.24, 2.45) is 0 Å². The van der Waals surface area contributed by atoms with E-state index in [1.54, 1.807) is 7.05 Å². The molecule has 0 aromatic rings. The number of nitrogens with zero attached hydrogens (tertiary/aromatic N) is 1. The third-order valence-electron chi connectivity index (χ3n) is 2.88. The van der Waals surface area contributed by atoms with Gasteiger partial charge in [0, 0.05) is 26.7 Å². The fourth-order valence-electron chi connectivity index (χ4n) is 1.63. The van der Waals surface area contributed by atoms with E-state index in [2.05, 4.69) is 16.1 Å². The van der Waals surface area contributed by atoms with Gasteiger partial charge in [0.25, 0.3) is 10.2 Å². The molecule has 0 spiro atoms. The van der Waals surface area contributed by atoms with E-state index in [1.165, 1.54) is 4.31 Å². The second-order valence-electron chi connectivity index (χ2n) is 4.32. The summed E-state index contributed by atoms with van der Waals surface area (Å²) in [7, 11) is -1.69. The summed E-state index contributed by atoms with van der Waals surface area (Å²) in [6.45, 7) is 4.82. The van der Waals surface area contributed by atoms with Gasteiger partial charge in [0.2, 0.25) is 0 Å². The standard InChI is InChI=1S/C11H23N3O2S/c1-3-4-9-14(2)17(15,16)13-10-11-5-7-12-8-6-11/h5,12-13H,3-4,6-10H2,1-2H3. The Kier molecular flexibility index (Phi) is 6.11. The molecule has 1 rings (SSSR count). The van der Waals surface area contributed by atoms with Gasteiger partial charge in [0.05, 0.1) is 0 Å². The monoisotopic (exact) mass is 261 g/mol. The maximum atomic E-state index is 11.9. The first-order chi connectivity index (χ1) is 8.06. The van der Waals surface area contributed by atoms with Gasteiger partial charge in [-0.15, -0.1) is 0 Å². The molecule has 100 valence electrons. The minimum atomic E-state index is -3.31. The molecule has 0 radical (unpaired) electrons. The molecule has 1 aliphatic rings. The summed E-state index contributed by atoms with van der Waals surface area (Å²) in [5.74, 6) is 0. The summed E-state index contributed by atoms with van der Waals surface area (Å²) < 4.78 is 27.7. The van der Waals surface area contributed by atoms with Crippen LogP contribution in [-0.2, 0) is 10.2 Å². The molecular weight excluding hydrogens is 238 g/mol. The van der Waals surface area contributed by atoms with Crippen molar-refractivity contribution in [3.05, 3.63) is 11.6 Å². The van der Waals surface area contributed by atoms with Gasteiger partial charge in [0.1, 0.15) is 0 Å². The van der Waals surface area contributed by atoms with Crippen LogP contribution in [0.1, 0.15) is 26.2 Å². The lowest BCUT2D eigenvalue weighted by atomic mass is 10.1. The number of hydrogen-bond donors (Lipinski definition) is 2. The average Bonchev–Trinajstić information content (AvgIpc) is 2.35. The minimum Gasteiger partial charge on any atom is -0.313 e. The Bertz CT molecular complexity index is 352. The Morgan fingerprint density at radius 1 is 1.53 bits per heavy atom. The van der Waals surface area contributed by atoms with Crippen molar-refractivity contribution in [1.82, 2.24) is 14.3 Å². The van der Waals surface area contributed by atoms with Crippen LogP contribution in [-0.4, -0.2) is 45.9 Å². The summed E-state index contributed by atoms with van der Waals surface area (Å²) in [6.07, 6.45) is 4.86. The summed E-state index contributed by atoms with van der Waals surface area (Å²) in [6, 6.07) is 0. The Morgan fingerprint density at radius 3 is 2.88 bits per heavy atom. The lowest BCUT2D eigenvalue weighted by Crippen LogP contribution is -2.40. The van der Waals surface area contributed by atoms with Gasteiger partial charge < -0.3 is 5.32 Å². The first-order valence-corrected chi connectivity index (χ1v) is 7.60. The van der Waals surface area contributed by atoms with Crippen LogP contribution in [0.15, 0.2) is 11.6 Å². The fraction of sp³-hybridized carbons (Fsp3) is 0.818. The zero-order chi connectivity index (χ0) is 12.7. The smallest absolute Gasteiger partial charge is 0.279 e. The Morgan fingerprint density at radius 2 is 2.29 bits per heavy atom. The van der Waals surface area contributed by atoms with Gasteiger partial charge in [-0.3, -0.25) is 0 Å². The van der Waals surface area contributed by atoms with Crippen LogP contribution < -0.4 is 10.0 Å². The maximum Gasteiger partial charge on any atom is 0.279 e. The van der Waals surface area contributed by atoms with Crippen LogP contribution in [0.4, 0.5) is 0 Å². The zero-order valence-electron chi connectivity index (χ0n) is 10.7. The van der Waals surface area contributed by atoms with E-state index in [1.807, 2.05) is 6.92 Å². The van der Waals surface area contributed by atoms with Crippen molar-refractivity contribution in [3.8, 4) is 0 Å². The minimum absolute atomic E-state index is 0.431. The molecule has 0 unspecified atom stereocenters. The van der Waals surface area contributed by atoms with Crippen molar-refractivity contribution in [2.45, 2.75) is 26.2 Å². The van der Waals surface area contributed by atoms with Crippen LogP contribution in [0.25, 0.3) is 0 Å². The van der Waals surface area contributed by atoms with Gasteiger partial charge in [-0.05, 0) is 19.4 Å². The Hall–Kier alpha value is -0.430. The highest BCUT2D eigenvalue weighted by Gasteiger charge is 2.16. The molecule has 0 amide bonds. The highest BCUT2D eigenvalue weighted by molar-refractivity contribution is 7.87. The SMILES string of the molecule is CCCCN(C)S(=O)(=O)NCC1=CCNCC1. The quantitative estimate of drug-likeness (QED) is 0.655. The molecule has 0 aromatic heterocycles. The molecule has 0 aromatic carbocycles. The van der Waals surface area contributed by atoms with Crippen molar-refractivity contribution < 1.29 is 8.42 Å². The van der Waals surface area contributed by atoms with E-state index in [9.17, 15) is 8.42 Å². The van der Waals surface area contributed by atoms with Gasteiger partial charge in [0.15, 0.2) is 0 Å². The average molecular weight is 261 g/mol. The summed E-state index contributed by atoms with van der Waals surface area (Å²) >= 11 is 0. The predicted molar refractivity (Wildman–Crippen MR) is 70.0 cm³/mol. The van der Waals surface area contributed by atoms with E-state index in [-0.39, 0.29) is 0 Å². The molecular formula is C11H23N3O2S. The Labute approximate surface area is 104 Å². The third-order valence-corrected chi connectivity index (χ3v) is 4.39. The van der Waals surface area contributed by atoms with Crippen molar-refractivity contribution >= 4 is 10.2 Å². The second-order valence-corrected chi connectivity index (χ2v) is 6.18. The summed E-state index contributed by atoms with van der Waals surface area (Å²) in [5.41, 5.74) is 1.16. The van der Waals surface area contributed by atoms with Crippen LogP contribution >= 0.6 is 0 Å². The number of unbranched alkanes of at least 4 members (excludes halogenated alkanes) is 1. The summed E-state index contributed by atoms with van der Waals surface area (Å²) in [4.78, 5) is 0. The molecule has 6 heteroatoms. The molecule has 0 aliphatic carbocycles. The highest BCUT2D eigenvalue weighted by atomic mass is 32.2. The van der Waals surface area contributed by atoms with Gasteiger partial charge in [-0.25, -0.2) is 0 Å². The first-order valence-electron chi connectivity index (χ1n) is 6.16. The van der Waals surface area contributed by atoms with Gasteiger partial charge in [-0.1, -0.05) is 25.0 Å². The highest BCUT2D eigenvalue weighted by Crippen LogP contribution is 2.04. The topological polar surface area (TPSA) is 61.4 Å². The van der Waals surface area contributed by atoms with Crippen LogP contribution in [0.5, 0.6) is 0 Å². The number of nitrogens with one attached hydrogen (secondary N) is 2. The Balaban J connectivity index is 2.40. The molecule has 0 saturated heterocycles. The van der Waals surface area contributed by atoms with Gasteiger partial charge >= 0.3 is 0 Å². The first kappa shape index (κ1) is 14.6. The predicted octanol–water partition coefficient (Wildman–Crippen LogP) is 0.472. The molecule has 1 aliphatic heterocycles. The normalized spacial score (nSPS) is 17.2. The largest absolute Gasteiger partial charge is 0.313 e. The molecule has 0 fully saturated rings. The zero-order valence-corrected chi connectivity index (χ0v) is 11.5. The van der Waals surface area contributed by atoms with E-state index < -0.39 is 10.2 Å². The molecule has 0 atom stereocenters. The molecule has 17 heavy (non-hydrogen) atoms. The van der Waals surface area contributed by atoms with Crippen molar-refractivity contribution in [1.29, 1.82) is 0 Å². The maximum absolute atomic E-state index is 11.9. The lowest BCUT2D eigenvalue weighted by Gasteiger charge is -2.19. The molecule has 1 heterocycles. The van der Waals surface area contributed by atoms with Gasteiger partial charge in [-0.2, -0.15) is 17.4 Å². The van der Waals surface area contributed by atoms with Crippen molar-refractivity contribution in [2.75, 3.05) is 33.2 Å². The summed E-state index contributed by atoms with van der Waals surface area (Å²) in [5, 5.41) is 3.20. The fourth-order valence-corrected chi connectivity index (χ4v) is 2.58. The van der Waals surface area contributed by atoms with E-state index in [0.717, 1.165) is 37.9 Å². The molecule has 0 saturated carbocycles. The van der Waals surface area contributed by atoms with Crippen LogP contribution in [0.3, 0.4) is 0 Å².